The fourth-order valence-electron chi connectivity index (χ4n) is 0.796. The maximum absolute atomic E-state index is 11.3. The Hall–Kier alpha value is -1.01. The topological polar surface area (TPSA) is 66.9 Å². The van der Waals surface area contributed by atoms with E-state index < -0.39 is 0 Å². The van der Waals surface area contributed by atoms with Gasteiger partial charge in [0.1, 0.15) is 4.88 Å². The van der Waals surface area contributed by atoms with Gasteiger partial charge < -0.3 is 10.6 Å². The molecule has 2 N–H and O–H groups in total. The Labute approximate surface area is 80.7 Å². The minimum Gasteiger partial charge on any atom is -0.350 e. The molecule has 0 aliphatic heterocycles. The van der Waals surface area contributed by atoms with Gasteiger partial charge in [0.05, 0.1) is 6.20 Å². The summed E-state index contributed by atoms with van der Waals surface area (Å²) in [7, 11) is 0. The maximum Gasteiger partial charge on any atom is 0.264 e. The molecule has 1 aromatic heterocycles. The minimum absolute atomic E-state index is 0.104. The van der Waals surface area contributed by atoms with Crippen LogP contribution in [-0.2, 0) is 0 Å². The molecule has 0 saturated heterocycles. The van der Waals surface area contributed by atoms with Crippen LogP contribution in [0.1, 0.15) is 16.6 Å². The summed E-state index contributed by atoms with van der Waals surface area (Å²) in [5.41, 5.74) is 0. The largest absolute Gasteiger partial charge is 0.350 e. The van der Waals surface area contributed by atoms with E-state index in [2.05, 4.69) is 20.2 Å². The molecule has 5 nitrogen and oxygen atoms in total. The highest BCUT2D eigenvalue weighted by atomic mass is 32.1. The number of aromatic nitrogens is 2. The number of nitrogens with zero attached hydrogens (tertiary/aromatic N) is 2. The lowest BCUT2D eigenvalue weighted by Gasteiger charge is -2.02. The predicted octanol–water partition coefficient (Wildman–Crippen LogP) is -0.123. The first kappa shape index (κ1) is 10.1. The highest BCUT2D eigenvalue weighted by Gasteiger charge is 2.05. The zero-order valence-corrected chi connectivity index (χ0v) is 8.23. The second-order valence-electron chi connectivity index (χ2n) is 2.39. The monoisotopic (exact) mass is 200 g/mol. The summed E-state index contributed by atoms with van der Waals surface area (Å²) in [6.07, 6.45) is 1.47. The van der Waals surface area contributed by atoms with Gasteiger partial charge in [0, 0.05) is 13.1 Å². The summed E-state index contributed by atoms with van der Waals surface area (Å²) in [5.74, 6) is -0.104. The lowest BCUT2D eigenvalue weighted by atomic mass is 10.5. The van der Waals surface area contributed by atoms with E-state index in [9.17, 15) is 4.79 Å². The van der Waals surface area contributed by atoms with Crippen LogP contribution in [0.4, 0.5) is 0 Å². The summed E-state index contributed by atoms with van der Waals surface area (Å²) in [4.78, 5) is 11.8. The molecule has 0 aliphatic rings. The van der Waals surface area contributed by atoms with Crippen LogP contribution >= 0.6 is 11.5 Å². The van der Waals surface area contributed by atoms with Gasteiger partial charge in [-0.15, -0.1) is 5.10 Å². The average molecular weight is 200 g/mol. The summed E-state index contributed by atoms with van der Waals surface area (Å²) in [5, 5.41) is 9.43. The first-order valence-electron chi connectivity index (χ1n) is 4.11. The van der Waals surface area contributed by atoms with Gasteiger partial charge in [0.2, 0.25) is 0 Å². The highest BCUT2D eigenvalue weighted by Crippen LogP contribution is 1.99. The highest BCUT2D eigenvalue weighted by molar-refractivity contribution is 7.07. The molecule has 1 rings (SSSR count). The normalized spacial score (nSPS) is 9.92. The summed E-state index contributed by atoms with van der Waals surface area (Å²) in [6, 6.07) is 0. The molecule has 1 heterocycles. The molecule has 72 valence electrons. The van der Waals surface area contributed by atoms with Gasteiger partial charge in [-0.05, 0) is 18.1 Å². The molecule has 0 atom stereocenters. The van der Waals surface area contributed by atoms with Crippen molar-refractivity contribution in [2.75, 3.05) is 19.6 Å². The molecule has 0 aliphatic carbocycles. The molecule has 13 heavy (non-hydrogen) atoms. The molecule has 1 amide bonds. The first-order chi connectivity index (χ1) is 6.34. The van der Waals surface area contributed by atoms with Crippen molar-refractivity contribution in [3.05, 3.63) is 11.1 Å². The number of likely N-dealkylation sites (N-methyl/N-ethyl adjacent to an activating group) is 1. The van der Waals surface area contributed by atoms with Crippen LogP contribution in [0, 0.1) is 0 Å². The molecule has 1 aromatic rings. The van der Waals surface area contributed by atoms with Crippen LogP contribution in [-0.4, -0.2) is 35.1 Å². The third kappa shape index (κ3) is 3.47. The molecule has 0 aromatic carbocycles. The number of carbonyl (C=O) groups excluding carboxylic acids is 1. The number of nitrogens with one attached hydrogen (secondary N) is 2. The lowest BCUT2D eigenvalue weighted by Crippen LogP contribution is -2.31. The minimum atomic E-state index is -0.104. The van der Waals surface area contributed by atoms with Crippen LogP contribution in [0.5, 0.6) is 0 Å². The Bertz CT molecular complexity index is 249. The Morgan fingerprint density at radius 1 is 1.62 bits per heavy atom. The van der Waals surface area contributed by atoms with Crippen molar-refractivity contribution in [2.24, 2.45) is 0 Å². The summed E-state index contributed by atoms with van der Waals surface area (Å²) < 4.78 is 3.60. The molecule has 0 radical (unpaired) electrons. The number of hydrogen-bond acceptors (Lipinski definition) is 5. The number of amides is 1. The van der Waals surface area contributed by atoms with Crippen molar-refractivity contribution in [3.8, 4) is 0 Å². The van der Waals surface area contributed by atoms with Crippen molar-refractivity contribution in [3.63, 3.8) is 0 Å². The van der Waals surface area contributed by atoms with Crippen LogP contribution in [0.25, 0.3) is 0 Å². The SMILES string of the molecule is CCNCCNC(=O)c1cnns1. The van der Waals surface area contributed by atoms with Gasteiger partial charge in [0.25, 0.3) is 5.91 Å². The van der Waals surface area contributed by atoms with Gasteiger partial charge in [-0.25, -0.2) is 0 Å². The van der Waals surface area contributed by atoms with Gasteiger partial charge in [0.15, 0.2) is 0 Å². The van der Waals surface area contributed by atoms with E-state index in [0.717, 1.165) is 24.6 Å². The Balaban J connectivity index is 2.19. The fourth-order valence-corrected chi connectivity index (χ4v) is 1.23. The zero-order chi connectivity index (χ0) is 9.52. The van der Waals surface area contributed by atoms with Crippen LogP contribution in [0.2, 0.25) is 0 Å². The van der Waals surface area contributed by atoms with Gasteiger partial charge in [-0.2, -0.15) is 0 Å². The number of rotatable bonds is 5. The second-order valence-corrected chi connectivity index (χ2v) is 3.18. The smallest absolute Gasteiger partial charge is 0.264 e. The van der Waals surface area contributed by atoms with Crippen molar-refractivity contribution >= 4 is 17.4 Å². The van der Waals surface area contributed by atoms with Gasteiger partial charge >= 0.3 is 0 Å². The molecule has 0 saturated carbocycles. The molecular formula is C7H12N4OS. The summed E-state index contributed by atoms with van der Waals surface area (Å²) in [6.45, 7) is 4.35. The van der Waals surface area contributed by atoms with E-state index >= 15 is 0 Å². The molecule has 0 unspecified atom stereocenters. The Morgan fingerprint density at radius 3 is 3.08 bits per heavy atom. The van der Waals surface area contributed by atoms with E-state index in [1.807, 2.05) is 6.92 Å². The van der Waals surface area contributed by atoms with Crippen LogP contribution < -0.4 is 10.6 Å². The molecule has 0 fully saturated rings. The predicted molar refractivity (Wildman–Crippen MR) is 50.8 cm³/mol. The standard InChI is InChI=1S/C7H12N4OS/c1-2-8-3-4-9-7(12)6-5-10-11-13-6/h5,8H,2-4H2,1H3,(H,9,12). The Morgan fingerprint density at radius 2 is 2.46 bits per heavy atom. The van der Waals surface area contributed by atoms with Crippen LogP contribution in [0.15, 0.2) is 6.20 Å². The maximum atomic E-state index is 11.3. The summed E-state index contributed by atoms with van der Waals surface area (Å²) >= 11 is 1.10. The average Bonchev–Trinajstić information content (AvgIpc) is 2.65. The quantitative estimate of drug-likeness (QED) is 0.650. The van der Waals surface area contributed by atoms with Gasteiger partial charge in [-0.3, -0.25) is 4.79 Å². The molecule has 0 spiro atoms. The van der Waals surface area contributed by atoms with E-state index in [4.69, 9.17) is 0 Å². The number of hydrogen-bond donors (Lipinski definition) is 2. The Kier molecular flexibility index (Phi) is 4.34. The van der Waals surface area contributed by atoms with Crippen molar-refractivity contribution < 1.29 is 4.79 Å². The van der Waals surface area contributed by atoms with Gasteiger partial charge in [-0.1, -0.05) is 11.4 Å². The van der Waals surface area contributed by atoms with Crippen molar-refractivity contribution in [1.82, 2.24) is 20.2 Å². The van der Waals surface area contributed by atoms with E-state index in [1.54, 1.807) is 0 Å². The molecule has 0 bridgehead atoms. The molecule has 6 heteroatoms. The molecular weight excluding hydrogens is 188 g/mol. The third-order valence-corrected chi connectivity index (χ3v) is 2.09. The zero-order valence-electron chi connectivity index (χ0n) is 7.41. The second kappa shape index (κ2) is 5.60. The van der Waals surface area contributed by atoms with E-state index in [-0.39, 0.29) is 5.91 Å². The number of carbonyl (C=O) groups is 1. The third-order valence-electron chi connectivity index (χ3n) is 1.42. The van der Waals surface area contributed by atoms with Crippen LogP contribution in [0.3, 0.4) is 0 Å². The van der Waals surface area contributed by atoms with Crippen molar-refractivity contribution in [2.45, 2.75) is 6.92 Å². The van der Waals surface area contributed by atoms with E-state index in [1.165, 1.54) is 6.20 Å². The van der Waals surface area contributed by atoms with E-state index in [0.29, 0.717) is 11.4 Å². The first-order valence-corrected chi connectivity index (χ1v) is 4.88. The lowest BCUT2D eigenvalue weighted by molar-refractivity contribution is 0.0958. The fraction of sp³-hybridized carbons (Fsp3) is 0.571. The van der Waals surface area contributed by atoms with Crippen molar-refractivity contribution in [1.29, 1.82) is 0 Å².